The highest BCUT2D eigenvalue weighted by Gasteiger charge is 2.43. The second kappa shape index (κ2) is 5.14. The van der Waals surface area contributed by atoms with E-state index in [9.17, 15) is 17.6 Å². The molecular weight excluding hydrogens is 285 g/mol. The van der Waals surface area contributed by atoms with E-state index < -0.39 is 27.9 Å². The standard InChI is InChI=1S/C13H16FNO4S/c1-8-7-10(4-5-11(8)14)20(18,19)15-9(2)3-6-12(15)13(16)17/h4-5,7,9,12H,3,6H2,1-2H3,(H,16,17)/t9-,12-/m1/s1. The van der Waals surface area contributed by atoms with Crippen molar-refractivity contribution >= 4 is 16.0 Å². The molecule has 1 aromatic rings. The van der Waals surface area contributed by atoms with Crippen LogP contribution in [0.25, 0.3) is 0 Å². The van der Waals surface area contributed by atoms with Gasteiger partial charge in [-0.15, -0.1) is 0 Å². The van der Waals surface area contributed by atoms with Crippen LogP contribution in [-0.2, 0) is 14.8 Å². The number of halogens is 1. The highest BCUT2D eigenvalue weighted by atomic mass is 32.2. The first kappa shape index (κ1) is 14.9. The molecule has 1 saturated heterocycles. The zero-order valence-corrected chi connectivity index (χ0v) is 12.0. The van der Waals surface area contributed by atoms with Crippen LogP contribution in [0.15, 0.2) is 23.1 Å². The fourth-order valence-electron chi connectivity index (χ4n) is 2.50. The quantitative estimate of drug-likeness (QED) is 0.923. The Balaban J connectivity index is 2.47. The van der Waals surface area contributed by atoms with E-state index >= 15 is 0 Å². The average molecular weight is 301 g/mol. The molecule has 1 fully saturated rings. The van der Waals surface area contributed by atoms with Crippen LogP contribution in [0.5, 0.6) is 0 Å². The van der Waals surface area contributed by atoms with Gasteiger partial charge in [0.25, 0.3) is 0 Å². The number of aryl methyl sites for hydroxylation is 1. The van der Waals surface area contributed by atoms with Gasteiger partial charge in [-0.25, -0.2) is 12.8 Å². The minimum absolute atomic E-state index is 0.0728. The Kier molecular flexibility index (Phi) is 3.84. The molecule has 2 atom stereocenters. The van der Waals surface area contributed by atoms with Crippen LogP contribution < -0.4 is 0 Å². The molecule has 5 nitrogen and oxygen atoms in total. The number of hydrogen-bond acceptors (Lipinski definition) is 3. The molecule has 0 saturated carbocycles. The maximum Gasteiger partial charge on any atom is 0.322 e. The van der Waals surface area contributed by atoms with Gasteiger partial charge in [-0.1, -0.05) is 0 Å². The molecule has 1 heterocycles. The van der Waals surface area contributed by atoms with E-state index in [-0.39, 0.29) is 22.9 Å². The smallest absolute Gasteiger partial charge is 0.322 e. The van der Waals surface area contributed by atoms with Crippen molar-refractivity contribution < 1.29 is 22.7 Å². The summed E-state index contributed by atoms with van der Waals surface area (Å²) < 4.78 is 39.4. The van der Waals surface area contributed by atoms with Gasteiger partial charge in [0.05, 0.1) is 4.90 Å². The van der Waals surface area contributed by atoms with Crippen LogP contribution in [0.2, 0.25) is 0 Å². The maximum absolute atomic E-state index is 13.2. The van der Waals surface area contributed by atoms with Gasteiger partial charge < -0.3 is 5.11 Å². The molecule has 1 aliphatic heterocycles. The number of sulfonamides is 1. The lowest BCUT2D eigenvalue weighted by Gasteiger charge is -2.25. The summed E-state index contributed by atoms with van der Waals surface area (Å²) in [4.78, 5) is 11.1. The molecule has 0 amide bonds. The maximum atomic E-state index is 13.2. The molecule has 2 rings (SSSR count). The predicted molar refractivity (Wildman–Crippen MR) is 70.3 cm³/mol. The summed E-state index contributed by atoms with van der Waals surface area (Å²) in [5.74, 6) is -1.65. The summed E-state index contributed by atoms with van der Waals surface area (Å²) in [6, 6.07) is 2.04. The van der Waals surface area contributed by atoms with Gasteiger partial charge in [-0.2, -0.15) is 4.31 Å². The summed E-state index contributed by atoms with van der Waals surface area (Å²) in [6.07, 6.45) is 0.784. The van der Waals surface area contributed by atoms with Crippen LogP contribution in [0, 0.1) is 12.7 Å². The lowest BCUT2D eigenvalue weighted by Crippen LogP contribution is -2.43. The van der Waals surface area contributed by atoms with E-state index in [0.29, 0.717) is 6.42 Å². The van der Waals surface area contributed by atoms with Crippen molar-refractivity contribution in [2.24, 2.45) is 0 Å². The molecule has 1 N–H and O–H groups in total. The van der Waals surface area contributed by atoms with Crippen molar-refractivity contribution in [1.29, 1.82) is 0 Å². The van der Waals surface area contributed by atoms with E-state index in [1.807, 2.05) is 0 Å². The third kappa shape index (κ3) is 2.43. The monoisotopic (exact) mass is 301 g/mol. The Morgan fingerprint density at radius 1 is 1.40 bits per heavy atom. The Morgan fingerprint density at radius 2 is 2.05 bits per heavy atom. The van der Waals surface area contributed by atoms with E-state index in [2.05, 4.69) is 0 Å². The van der Waals surface area contributed by atoms with Crippen molar-refractivity contribution in [2.75, 3.05) is 0 Å². The second-order valence-electron chi connectivity index (χ2n) is 5.03. The first-order valence-electron chi connectivity index (χ1n) is 6.27. The molecule has 20 heavy (non-hydrogen) atoms. The average Bonchev–Trinajstić information content (AvgIpc) is 2.75. The Morgan fingerprint density at radius 3 is 2.60 bits per heavy atom. The molecule has 0 spiro atoms. The molecular formula is C13H16FNO4S. The SMILES string of the molecule is Cc1cc(S(=O)(=O)N2[C@H](C)CC[C@@H]2C(=O)O)ccc1F. The summed E-state index contributed by atoms with van der Waals surface area (Å²) in [7, 11) is -3.94. The van der Waals surface area contributed by atoms with Gasteiger partial charge in [0, 0.05) is 6.04 Å². The van der Waals surface area contributed by atoms with Gasteiger partial charge in [0.2, 0.25) is 10.0 Å². The van der Waals surface area contributed by atoms with Crippen LogP contribution >= 0.6 is 0 Å². The molecule has 0 unspecified atom stereocenters. The minimum Gasteiger partial charge on any atom is -0.480 e. The second-order valence-corrected chi connectivity index (χ2v) is 6.87. The fraction of sp³-hybridized carbons (Fsp3) is 0.462. The number of carboxylic acids is 1. The summed E-state index contributed by atoms with van der Waals surface area (Å²) in [5, 5.41) is 9.14. The normalized spacial score (nSPS) is 23.9. The zero-order chi connectivity index (χ0) is 15.1. The highest BCUT2D eigenvalue weighted by molar-refractivity contribution is 7.89. The highest BCUT2D eigenvalue weighted by Crippen LogP contribution is 2.31. The predicted octanol–water partition coefficient (Wildman–Crippen LogP) is 1.76. The van der Waals surface area contributed by atoms with E-state index in [1.54, 1.807) is 6.92 Å². The van der Waals surface area contributed by atoms with Crippen LogP contribution in [-0.4, -0.2) is 35.9 Å². The molecule has 0 aromatic heterocycles. The molecule has 0 aliphatic carbocycles. The number of hydrogen-bond donors (Lipinski definition) is 1. The number of carboxylic acid groups (broad SMARTS) is 1. The van der Waals surface area contributed by atoms with Crippen molar-refractivity contribution in [3.63, 3.8) is 0 Å². The largest absolute Gasteiger partial charge is 0.480 e. The number of rotatable bonds is 3. The fourth-order valence-corrected chi connectivity index (χ4v) is 4.42. The topological polar surface area (TPSA) is 74.7 Å². The minimum atomic E-state index is -3.94. The van der Waals surface area contributed by atoms with Crippen molar-refractivity contribution in [3.8, 4) is 0 Å². The van der Waals surface area contributed by atoms with Gasteiger partial charge in [0.1, 0.15) is 11.9 Å². The third-order valence-electron chi connectivity index (χ3n) is 3.59. The molecule has 0 bridgehead atoms. The first-order valence-corrected chi connectivity index (χ1v) is 7.71. The number of aliphatic carboxylic acids is 1. The summed E-state index contributed by atoms with van der Waals surface area (Å²) in [6.45, 7) is 3.15. The molecule has 0 radical (unpaired) electrons. The molecule has 1 aliphatic rings. The Hall–Kier alpha value is -1.47. The van der Waals surface area contributed by atoms with Crippen LogP contribution in [0.4, 0.5) is 4.39 Å². The summed E-state index contributed by atoms with van der Waals surface area (Å²) >= 11 is 0. The first-order chi connectivity index (χ1) is 9.25. The zero-order valence-electron chi connectivity index (χ0n) is 11.2. The Bertz CT molecular complexity index is 644. The van der Waals surface area contributed by atoms with Gasteiger partial charge in [0.15, 0.2) is 0 Å². The third-order valence-corrected chi connectivity index (χ3v) is 5.61. The number of nitrogens with zero attached hydrogens (tertiary/aromatic N) is 1. The van der Waals surface area contributed by atoms with Crippen LogP contribution in [0.3, 0.4) is 0 Å². The molecule has 110 valence electrons. The van der Waals surface area contributed by atoms with E-state index in [1.165, 1.54) is 19.1 Å². The van der Waals surface area contributed by atoms with Gasteiger partial charge in [-0.3, -0.25) is 4.79 Å². The van der Waals surface area contributed by atoms with Crippen molar-refractivity contribution in [1.82, 2.24) is 4.31 Å². The number of carbonyl (C=O) groups is 1. The Labute approximate surface area is 117 Å². The lowest BCUT2D eigenvalue weighted by atomic mass is 10.2. The van der Waals surface area contributed by atoms with Crippen molar-refractivity contribution in [3.05, 3.63) is 29.6 Å². The molecule has 1 aromatic carbocycles. The van der Waals surface area contributed by atoms with Gasteiger partial charge >= 0.3 is 5.97 Å². The van der Waals surface area contributed by atoms with Crippen LogP contribution in [0.1, 0.15) is 25.3 Å². The lowest BCUT2D eigenvalue weighted by molar-refractivity contribution is -0.140. The van der Waals surface area contributed by atoms with Gasteiger partial charge in [-0.05, 0) is 50.5 Å². The van der Waals surface area contributed by atoms with E-state index in [4.69, 9.17) is 5.11 Å². The van der Waals surface area contributed by atoms with E-state index in [0.717, 1.165) is 10.4 Å². The number of benzene rings is 1. The summed E-state index contributed by atoms with van der Waals surface area (Å²) in [5.41, 5.74) is 0.213. The van der Waals surface area contributed by atoms with Crippen molar-refractivity contribution in [2.45, 2.75) is 43.7 Å². The molecule has 7 heteroatoms.